The first-order chi connectivity index (χ1) is 17.2. The van der Waals surface area contributed by atoms with Gasteiger partial charge < -0.3 is 52.7 Å². The zero-order valence-corrected chi connectivity index (χ0v) is 21.8. The number of carboxylic acids is 2. The van der Waals surface area contributed by atoms with Crippen molar-refractivity contribution in [3.63, 3.8) is 0 Å². The first-order valence-electron chi connectivity index (χ1n) is 12.2. The van der Waals surface area contributed by atoms with E-state index in [1.165, 1.54) is 0 Å². The van der Waals surface area contributed by atoms with E-state index in [0.717, 1.165) is 0 Å². The fourth-order valence-corrected chi connectivity index (χ4v) is 3.85. The van der Waals surface area contributed by atoms with Gasteiger partial charge in [0, 0.05) is 42.8 Å². The van der Waals surface area contributed by atoms with E-state index in [-0.39, 0.29) is 107 Å². The number of carbonyl (C=O) groups excluding carboxylic acids is 2. The molecule has 0 atom stereocenters. The zero-order valence-electron chi connectivity index (χ0n) is 20.8. The van der Waals surface area contributed by atoms with Crippen molar-refractivity contribution in [3.8, 4) is 0 Å². The molecule has 4 N–H and O–H groups in total. The molecule has 0 saturated carbocycles. The van der Waals surface area contributed by atoms with Gasteiger partial charge >= 0.3 is 11.9 Å². The second-order valence-electron chi connectivity index (χ2n) is 8.84. The summed E-state index contributed by atoms with van der Waals surface area (Å²) in [4.78, 5) is 46.7. The van der Waals surface area contributed by atoms with E-state index < -0.39 is 23.3 Å². The van der Waals surface area contributed by atoms with Crippen molar-refractivity contribution in [2.75, 3.05) is 65.4 Å². The van der Waals surface area contributed by atoms with Gasteiger partial charge in [0.2, 0.25) is 11.8 Å². The number of nitrogens with zero attached hydrogens (tertiary/aromatic N) is 6. The number of hydrogen-bond donors (Lipinski definition) is 4. The second kappa shape index (κ2) is 17.6. The Bertz CT molecular complexity index is 668. The Labute approximate surface area is 228 Å². The number of hydrogen-bond acceptors (Lipinski definition) is 4. The van der Waals surface area contributed by atoms with Gasteiger partial charge in [-0.3, -0.25) is 19.2 Å². The summed E-state index contributed by atoms with van der Waals surface area (Å²) in [7, 11) is 0. The zero-order chi connectivity index (χ0) is 26.3. The third-order valence-corrected chi connectivity index (χ3v) is 5.59. The van der Waals surface area contributed by atoms with Crippen molar-refractivity contribution < 1.29 is 46.5 Å². The molecule has 2 fully saturated rings. The van der Waals surface area contributed by atoms with Crippen molar-refractivity contribution in [1.29, 1.82) is 0 Å². The number of carbonyl (C=O) groups is 4. The van der Waals surface area contributed by atoms with Gasteiger partial charge in [-0.1, -0.05) is 11.3 Å². The van der Waals surface area contributed by atoms with E-state index in [4.69, 9.17) is 20.8 Å². The molecule has 2 amide bonds. The first kappa shape index (κ1) is 33.2. The Kier molecular flexibility index (Phi) is 15.8. The molecule has 2 rings (SSSR count). The van der Waals surface area contributed by atoms with Crippen molar-refractivity contribution in [2.24, 2.45) is 0 Å². The van der Waals surface area contributed by atoms with Gasteiger partial charge in [-0.05, 0) is 12.8 Å². The molecule has 1 radical (unpaired) electrons. The fourth-order valence-electron chi connectivity index (χ4n) is 3.85. The summed E-state index contributed by atoms with van der Waals surface area (Å²) in [6.07, 6.45) is 0.336. The van der Waals surface area contributed by atoms with E-state index in [1.54, 1.807) is 0 Å². The molecule has 2 bridgehead atoms. The van der Waals surface area contributed by atoms with Crippen LogP contribution in [0.1, 0.15) is 38.5 Å². The van der Waals surface area contributed by atoms with Gasteiger partial charge in [0.15, 0.2) is 0 Å². The SMILES string of the molecule is O=C(O)CCCC(=O)NC12C[N-]CC[N-]CC(NC(=O)CCCC(=O)O)(C[N-]CC[N-]C1)[N-]CC[N-]2.[Cu]. The molecule has 217 valence electrons. The smallest absolute Gasteiger partial charge is 0.303 e. The van der Waals surface area contributed by atoms with Gasteiger partial charge in [-0.15, -0.1) is 26.2 Å². The largest absolute Gasteiger partial charge is 0.663 e. The minimum atomic E-state index is -1.07. The summed E-state index contributed by atoms with van der Waals surface area (Å²) in [5, 5.41) is 51.0. The Hall–Kier alpha value is -1.84. The molecule has 0 aromatic rings. The van der Waals surface area contributed by atoms with Gasteiger partial charge in [0.1, 0.15) is 0 Å². The molecule has 2 aliphatic rings. The number of nitrogens with one attached hydrogen (secondary N) is 2. The minimum Gasteiger partial charge on any atom is -0.663 e. The van der Waals surface area contributed by atoms with Gasteiger partial charge in [-0.25, -0.2) is 0 Å². The summed E-state index contributed by atoms with van der Waals surface area (Å²) >= 11 is 0. The fraction of sp³-hybridized carbons (Fsp3) is 0.818. The minimum absolute atomic E-state index is 0. The molecule has 0 unspecified atom stereocenters. The predicted molar refractivity (Wildman–Crippen MR) is 134 cm³/mol. The number of carboxylic acid groups (broad SMARTS) is 2. The van der Waals surface area contributed by atoms with E-state index in [9.17, 15) is 19.2 Å². The quantitative estimate of drug-likeness (QED) is 0.283. The van der Waals surface area contributed by atoms with Crippen LogP contribution in [0.3, 0.4) is 0 Å². The number of aliphatic carboxylic acids is 2. The predicted octanol–water partition coefficient (Wildman–Crippen LogP) is 1.39. The van der Waals surface area contributed by atoms with Crippen LogP contribution in [0.15, 0.2) is 0 Å². The van der Waals surface area contributed by atoms with Crippen molar-refractivity contribution in [2.45, 2.75) is 49.9 Å². The van der Waals surface area contributed by atoms with Gasteiger partial charge in [0.05, 0.1) is 0 Å². The molecule has 0 aliphatic carbocycles. The van der Waals surface area contributed by atoms with Crippen molar-refractivity contribution in [3.05, 3.63) is 31.9 Å². The molecule has 37 heavy (non-hydrogen) atoms. The molecule has 0 aromatic carbocycles. The number of amides is 2. The Morgan fingerprint density at radius 3 is 1.19 bits per heavy atom. The maximum absolute atomic E-state index is 12.6. The second-order valence-corrected chi connectivity index (χ2v) is 8.84. The molecular weight excluding hydrogens is 536 g/mol. The normalized spacial score (nSPS) is 25.4. The Balaban J connectivity index is 0.00000684. The first-order valence-corrected chi connectivity index (χ1v) is 12.2. The van der Waals surface area contributed by atoms with E-state index >= 15 is 0 Å². The van der Waals surface area contributed by atoms with E-state index in [2.05, 4.69) is 31.9 Å². The average molecular weight is 572 g/mol. The third-order valence-electron chi connectivity index (χ3n) is 5.59. The molecule has 2 aliphatic heterocycles. The number of fused-ring (bicyclic) bond motifs is 5. The topological polar surface area (TPSA) is 217 Å². The number of rotatable bonds is 10. The summed E-state index contributed by atoms with van der Waals surface area (Å²) < 4.78 is 0. The molecule has 2 saturated heterocycles. The standard InChI is InChI=1S/C22H36N8O6.Cu/c31-17(3-1-5-19(33)34)29-21-13-23-7-9-25-15-22(28-12-11-27-21,16-26-10-8-24-14-21)30-18(32)4-2-6-20(35)36;/h1-16H2,(H,29,31)(H,30,32)(H,33,34)(H,35,36);/q-6;. The van der Waals surface area contributed by atoms with Crippen LogP contribution in [0, 0.1) is 0 Å². The van der Waals surface area contributed by atoms with Crippen LogP contribution in [0.4, 0.5) is 0 Å². The molecule has 2 heterocycles. The van der Waals surface area contributed by atoms with Crippen LogP contribution in [0.2, 0.25) is 0 Å². The van der Waals surface area contributed by atoms with Gasteiger partial charge in [-0.2, -0.15) is 39.3 Å². The summed E-state index contributed by atoms with van der Waals surface area (Å²) in [6.45, 7) is 2.82. The van der Waals surface area contributed by atoms with Crippen molar-refractivity contribution >= 4 is 23.8 Å². The van der Waals surface area contributed by atoms with Crippen LogP contribution in [-0.2, 0) is 36.2 Å². The molecule has 14 nitrogen and oxygen atoms in total. The maximum Gasteiger partial charge on any atom is 0.303 e. The Morgan fingerprint density at radius 1 is 0.568 bits per heavy atom. The molecule has 0 spiro atoms. The third kappa shape index (κ3) is 13.5. The summed E-state index contributed by atoms with van der Waals surface area (Å²) in [6, 6.07) is 0. The molecule has 15 heteroatoms. The van der Waals surface area contributed by atoms with Gasteiger partial charge in [0.25, 0.3) is 0 Å². The summed E-state index contributed by atoms with van der Waals surface area (Å²) in [5.74, 6) is -2.56. The van der Waals surface area contributed by atoms with E-state index in [0.29, 0.717) is 26.2 Å². The monoisotopic (exact) mass is 571 g/mol. The van der Waals surface area contributed by atoms with Crippen molar-refractivity contribution in [1.82, 2.24) is 10.6 Å². The van der Waals surface area contributed by atoms with Crippen LogP contribution in [0.5, 0.6) is 0 Å². The summed E-state index contributed by atoms with van der Waals surface area (Å²) in [5.41, 5.74) is -2.14. The maximum atomic E-state index is 12.6. The Morgan fingerprint density at radius 2 is 0.892 bits per heavy atom. The molecular formula is C22H36CuN8O6-6. The van der Waals surface area contributed by atoms with Crippen LogP contribution in [0.25, 0.3) is 31.9 Å². The van der Waals surface area contributed by atoms with Crippen LogP contribution < -0.4 is 10.6 Å². The van der Waals surface area contributed by atoms with Crippen LogP contribution in [-0.4, -0.2) is 111 Å². The molecule has 0 aromatic heterocycles. The average Bonchev–Trinajstić information content (AvgIpc) is 2.79. The van der Waals surface area contributed by atoms with E-state index in [1.807, 2.05) is 0 Å². The van der Waals surface area contributed by atoms with Crippen LogP contribution >= 0.6 is 0 Å².